The van der Waals surface area contributed by atoms with Crippen molar-refractivity contribution in [3.05, 3.63) is 0 Å². The maximum Gasteiger partial charge on any atom is 0.260 e. The summed E-state index contributed by atoms with van der Waals surface area (Å²) in [6.45, 7) is 7.04. The van der Waals surface area contributed by atoms with Crippen LogP contribution in [-0.4, -0.2) is 26.2 Å². The Hall–Kier alpha value is -0.130. The summed E-state index contributed by atoms with van der Waals surface area (Å²) in [7, 11) is -2.67. The summed E-state index contributed by atoms with van der Waals surface area (Å²) in [6, 6.07) is 0. The minimum atomic E-state index is -2.67. The zero-order chi connectivity index (χ0) is 9.72. The van der Waals surface area contributed by atoms with Crippen LogP contribution in [0.15, 0.2) is 0 Å². The van der Waals surface area contributed by atoms with Crippen LogP contribution in [0.25, 0.3) is 0 Å². The monoisotopic (exact) mass is 196 g/mol. The molecule has 0 fully saturated rings. The van der Waals surface area contributed by atoms with E-state index in [1.807, 2.05) is 0 Å². The van der Waals surface area contributed by atoms with Crippen molar-refractivity contribution in [2.45, 2.75) is 45.5 Å². The molecule has 0 aromatic heterocycles. The van der Waals surface area contributed by atoms with E-state index in [-0.39, 0.29) is 12.2 Å². The first-order valence-electron chi connectivity index (χ1n) is 3.88. The Balaban J connectivity index is 4.05. The largest absolute Gasteiger partial charge is 0.337 e. The molecule has 0 spiro atoms. The maximum absolute atomic E-state index is 10.6. The number of hydrogen-bond acceptors (Lipinski definition) is 4. The van der Waals surface area contributed by atoms with Gasteiger partial charge in [-0.15, -0.1) is 0 Å². The third kappa shape index (κ3) is 5.51. The average molecular weight is 196 g/mol. The molecule has 0 aromatic carbocycles. The van der Waals surface area contributed by atoms with Crippen molar-refractivity contribution in [3.8, 4) is 0 Å². The van der Waals surface area contributed by atoms with E-state index in [2.05, 4.69) is 0 Å². The molecule has 0 N–H and O–H groups in total. The second kappa shape index (κ2) is 5.50. The third-order valence-electron chi connectivity index (χ3n) is 0.949. The molecule has 0 aromatic rings. The van der Waals surface area contributed by atoms with Gasteiger partial charge in [-0.1, -0.05) is 0 Å². The molecule has 0 rings (SSSR count). The molecule has 0 unspecified atom stereocenters. The van der Waals surface area contributed by atoms with Crippen molar-refractivity contribution in [2.75, 3.05) is 0 Å². The first kappa shape index (κ1) is 11.9. The summed E-state index contributed by atoms with van der Waals surface area (Å²) < 4.78 is 31.1. The molecule has 5 heteroatoms. The summed E-state index contributed by atoms with van der Waals surface area (Å²) in [5.74, 6) is 0. The first-order chi connectivity index (χ1) is 5.43. The van der Waals surface area contributed by atoms with E-state index >= 15 is 0 Å². The summed E-state index contributed by atoms with van der Waals surface area (Å²) in [4.78, 5) is 0. The second-order valence-corrected chi connectivity index (χ2v) is 3.95. The van der Waals surface area contributed by atoms with Crippen LogP contribution in [0.4, 0.5) is 0 Å². The van der Waals surface area contributed by atoms with Crippen molar-refractivity contribution >= 4 is 10.7 Å². The van der Waals surface area contributed by atoms with Gasteiger partial charge in [0.2, 0.25) is 0 Å². The molecular formula is C7H16O4S. The van der Waals surface area contributed by atoms with Crippen LogP contribution in [0, 0.1) is 0 Å². The van der Waals surface area contributed by atoms with Gasteiger partial charge in [-0.3, -0.25) is 0 Å². The summed E-state index contributed by atoms with van der Waals surface area (Å²) in [6.07, 6.45) is -0.303. The van der Waals surface area contributed by atoms with Gasteiger partial charge in [-0.2, -0.15) is 0 Å². The van der Waals surface area contributed by atoms with Gasteiger partial charge >= 0.3 is 0 Å². The van der Waals surface area contributed by atoms with Crippen molar-refractivity contribution in [2.24, 2.45) is 0 Å². The number of rotatable bonds is 5. The smallest absolute Gasteiger partial charge is 0.260 e. The molecule has 4 nitrogen and oxygen atoms in total. The van der Waals surface area contributed by atoms with Crippen molar-refractivity contribution in [3.63, 3.8) is 0 Å². The lowest BCUT2D eigenvalue weighted by molar-refractivity contribution is -0.129. The zero-order valence-electron chi connectivity index (χ0n) is 7.81. The fraction of sp³-hybridized carbons (Fsp3) is 1.00. The molecule has 0 amide bonds. The van der Waals surface area contributed by atoms with Crippen molar-refractivity contribution < 1.29 is 17.9 Å². The molecule has 0 radical (unpaired) electrons. The predicted octanol–water partition coefficient (Wildman–Crippen LogP) is 0.731. The minimum absolute atomic E-state index is 0.151. The molecule has 0 saturated heterocycles. The van der Waals surface area contributed by atoms with Gasteiger partial charge in [0.25, 0.3) is 5.62 Å². The highest BCUT2D eigenvalue weighted by atomic mass is 32.2. The van der Waals surface area contributed by atoms with Gasteiger partial charge in [0.05, 0.1) is 12.2 Å². The van der Waals surface area contributed by atoms with Gasteiger partial charge in [-0.25, -0.2) is 8.42 Å². The highest BCUT2D eigenvalue weighted by Gasteiger charge is 2.15. The van der Waals surface area contributed by atoms with E-state index in [0.29, 0.717) is 0 Å². The highest BCUT2D eigenvalue weighted by molar-refractivity contribution is 7.72. The van der Waals surface area contributed by atoms with Crippen LogP contribution in [0.2, 0.25) is 0 Å². The van der Waals surface area contributed by atoms with Crippen molar-refractivity contribution in [1.29, 1.82) is 0 Å². The Bertz CT molecular complexity index is 168. The maximum atomic E-state index is 10.6. The van der Waals surface area contributed by atoms with E-state index in [4.69, 9.17) is 9.47 Å². The minimum Gasteiger partial charge on any atom is -0.337 e. The number of thiol groups is 1. The average Bonchev–Trinajstić information content (AvgIpc) is 1.83. The molecule has 12 heavy (non-hydrogen) atoms. The molecule has 0 aliphatic carbocycles. The first-order valence-corrected chi connectivity index (χ1v) is 5.12. The van der Waals surface area contributed by atoms with Gasteiger partial charge in [0.15, 0.2) is 10.7 Å². The Morgan fingerprint density at radius 3 is 1.42 bits per heavy atom. The van der Waals surface area contributed by atoms with Crippen LogP contribution in [0.5, 0.6) is 0 Å². The van der Waals surface area contributed by atoms with E-state index in [1.165, 1.54) is 0 Å². The van der Waals surface area contributed by atoms with Crippen LogP contribution in [0.3, 0.4) is 0 Å². The second-order valence-electron chi connectivity index (χ2n) is 2.96. The molecule has 0 aliphatic rings. The standard InChI is InChI=1S/C7H16O4S/c1-5(2)10-7(12(8)9)11-6(3)4/h5-7,12H,1-4H3. The molecule has 0 bridgehead atoms. The molecule has 0 saturated carbocycles. The van der Waals surface area contributed by atoms with Gasteiger partial charge in [-0.05, 0) is 27.7 Å². The fourth-order valence-corrected chi connectivity index (χ4v) is 1.28. The van der Waals surface area contributed by atoms with Crippen LogP contribution < -0.4 is 0 Å². The van der Waals surface area contributed by atoms with E-state index < -0.39 is 16.3 Å². The summed E-state index contributed by atoms with van der Waals surface area (Å²) in [5, 5.41) is 0. The molecule has 0 aliphatic heterocycles. The Morgan fingerprint density at radius 1 is 0.917 bits per heavy atom. The van der Waals surface area contributed by atoms with E-state index in [0.717, 1.165) is 0 Å². The molecular weight excluding hydrogens is 180 g/mol. The molecule has 0 heterocycles. The lowest BCUT2D eigenvalue weighted by atomic mass is 10.5. The SMILES string of the molecule is CC(C)OC(OC(C)C)[SH](=O)=O. The van der Waals surface area contributed by atoms with Crippen molar-refractivity contribution in [1.82, 2.24) is 0 Å². The Morgan fingerprint density at radius 2 is 1.25 bits per heavy atom. The third-order valence-corrected chi connectivity index (χ3v) is 1.54. The zero-order valence-corrected chi connectivity index (χ0v) is 8.71. The quantitative estimate of drug-likeness (QED) is 0.520. The predicted molar refractivity (Wildman–Crippen MR) is 46.5 cm³/mol. The van der Waals surface area contributed by atoms with Gasteiger partial charge < -0.3 is 9.47 Å². The van der Waals surface area contributed by atoms with E-state index in [1.54, 1.807) is 27.7 Å². The molecule has 0 atom stereocenters. The number of ether oxygens (including phenoxy) is 2. The normalized spacial score (nSPS) is 12.3. The summed E-state index contributed by atoms with van der Waals surface area (Å²) >= 11 is 0. The lowest BCUT2D eigenvalue weighted by Crippen LogP contribution is -2.25. The highest BCUT2D eigenvalue weighted by Crippen LogP contribution is 2.03. The van der Waals surface area contributed by atoms with Crippen LogP contribution in [0.1, 0.15) is 27.7 Å². The topological polar surface area (TPSA) is 52.6 Å². The number of hydrogen-bond donors (Lipinski definition) is 1. The van der Waals surface area contributed by atoms with Gasteiger partial charge in [0, 0.05) is 0 Å². The Labute approximate surface area is 74.8 Å². The van der Waals surface area contributed by atoms with Crippen LogP contribution >= 0.6 is 0 Å². The lowest BCUT2D eigenvalue weighted by Gasteiger charge is -2.17. The van der Waals surface area contributed by atoms with Crippen LogP contribution in [-0.2, 0) is 20.2 Å². The summed E-state index contributed by atoms with van der Waals surface area (Å²) in [5.41, 5.74) is -1.11. The van der Waals surface area contributed by atoms with E-state index in [9.17, 15) is 8.42 Å². The Kier molecular flexibility index (Phi) is 5.44. The fourth-order valence-electron chi connectivity index (χ4n) is 0.597. The van der Waals surface area contributed by atoms with Gasteiger partial charge in [0.1, 0.15) is 0 Å². The molecule has 74 valence electrons.